The summed E-state index contributed by atoms with van der Waals surface area (Å²) in [6.45, 7) is 6.41. The number of rotatable bonds is 41. The monoisotopic (exact) mass is 659 g/mol. The van der Waals surface area contributed by atoms with Crippen LogP contribution in [-0.2, 0) is 19.2 Å². The molecule has 0 rings (SSSR count). The van der Waals surface area contributed by atoms with Crippen molar-refractivity contribution >= 4 is 0 Å². The van der Waals surface area contributed by atoms with Gasteiger partial charge < -0.3 is 19.7 Å². The van der Waals surface area contributed by atoms with Gasteiger partial charge in [0.05, 0.1) is 19.8 Å². The molecule has 2 atom stereocenters. The highest BCUT2D eigenvalue weighted by atomic mass is 17.2. The number of aliphatic hydroxyl groups is 2. The summed E-state index contributed by atoms with van der Waals surface area (Å²) in [5.74, 6) is 0. The molecule has 2 N–H and O–H groups in total. The molecule has 0 aliphatic rings. The average Bonchev–Trinajstić information content (AvgIpc) is 3.07. The third-order valence-electron chi connectivity index (χ3n) is 9.07. The standard InChI is InChI=1S/C40H82O6/c1-3-5-7-9-11-13-15-17-19-20-22-24-26-28-30-32-34-44-38-40(46-45-36-39(42)35-41)37-43-33-31-29-27-25-23-21-18-16-14-12-10-8-6-4-2/h39-42H,3-38H2,1-2H3. The summed E-state index contributed by atoms with van der Waals surface area (Å²) in [6, 6.07) is 0. The van der Waals surface area contributed by atoms with Crippen molar-refractivity contribution < 1.29 is 29.5 Å². The number of hydrogen-bond acceptors (Lipinski definition) is 6. The van der Waals surface area contributed by atoms with Gasteiger partial charge in [0, 0.05) is 13.2 Å². The highest BCUT2D eigenvalue weighted by molar-refractivity contribution is 4.56. The van der Waals surface area contributed by atoms with Gasteiger partial charge in [-0.3, -0.25) is 0 Å². The van der Waals surface area contributed by atoms with Crippen LogP contribution in [0.25, 0.3) is 0 Å². The number of unbranched alkanes of at least 4 members (excludes halogenated alkanes) is 28. The minimum Gasteiger partial charge on any atom is -0.394 e. The van der Waals surface area contributed by atoms with E-state index >= 15 is 0 Å². The van der Waals surface area contributed by atoms with E-state index < -0.39 is 6.10 Å². The van der Waals surface area contributed by atoms with Gasteiger partial charge in [0.25, 0.3) is 0 Å². The van der Waals surface area contributed by atoms with Gasteiger partial charge in [-0.05, 0) is 12.8 Å². The average molecular weight is 659 g/mol. The first-order chi connectivity index (χ1) is 22.7. The van der Waals surface area contributed by atoms with Gasteiger partial charge in [-0.25, -0.2) is 9.78 Å². The Morgan fingerprint density at radius 1 is 0.391 bits per heavy atom. The van der Waals surface area contributed by atoms with Gasteiger partial charge in [0.2, 0.25) is 0 Å². The molecule has 0 saturated carbocycles. The van der Waals surface area contributed by atoms with Crippen molar-refractivity contribution in [2.45, 2.75) is 219 Å². The van der Waals surface area contributed by atoms with Crippen molar-refractivity contribution in [3.63, 3.8) is 0 Å². The van der Waals surface area contributed by atoms with Crippen LogP contribution in [-0.4, -0.2) is 62.1 Å². The lowest BCUT2D eigenvalue weighted by Crippen LogP contribution is -2.29. The largest absolute Gasteiger partial charge is 0.394 e. The molecule has 6 heteroatoms. The molecule has 0 aromatic heterocycles. The van der Waals surface area contributed by atoms with E-state index in [4.69, 9.17) is 24.4 Å². The lowest BCUT2D eigenvalue weighted by atomic mass is 10.0. The van der Waals surface area contributed by atoms with E-state index in [0.717, 1.165) is 26.1 Å². The van der Waals surface area contributed by atoms with Crippen molar-refractivity contribution in [2.75, 3.05) is 39.6 Å². The molecule has 0 bridgehead atoms. The lowest BCUT2D eigenvalue weighted by Gasteiger charge is -2.18. The second-order valence-electron chi connectivity index (χ2n) is 13.9. The molecule has 0 radical (unpaired) electrons. The van der Waals surface area contributed by atoms with Crippen LogP contribution < -0.4 is 0 Å². The maximum atomic E-state index is 9.52. The van der Waals surface area contributed by atoms with E-state index in [1.54, 1.807) is 0 Å². The molecule has 278 valence electrons. The Labute approximate surface area is 287 Å². The molecule has 0 aromatic carbocycles. The van der Waals surface area contributed by atoms with Crippen LogP contribution in [0.1, 0.15) is 206 Å². The zero-order valence-corrected chi connectivity index (χ0v) is 31.1. The van der Waals surface area contributed by atoms with Gasteiger partial charge in [0.1, 0.15) is 18.8 Å². The third-order valence-corrected chi connectivity index (χ3v) is 9.07. The Morgan fingerprint density at radius 3 is 0.957 bits per heavy atom. The minimum atomic E-state index is -0.942. The van der Waals surface area contributed by atoms with E-state index in [0.29, 0.717) is 13.2 Å². The Morgan fingerprint density at radius 2 is 0.674 bits per heavy atom. The molecule has 0 aliphatic carbocycles. The summed E-state index contributed by atoms with van der Waals surface area (Å²) in [5.41, 5.74) is 0. The fourth-order valence-electron chi connectivity index (χ4n) is 5.95. The van der Waals surface area contributed by atoms with Crippen LogP contribution in [0.2, 0.25) is 0 Å². The van der Waals surface area contributed by atoms with Crippen molar-refractivity contribution in [3.8, 4) is 0 Å². The van der Waals surface area contributed by atoms with E-state index in [-0.39, 0.29) is 19.3 Å². The Bertz CT molecular complexity index is 534. The number of hydrogen-bond donors (Lipinski definition) is 2. The molecule has 2 unspecified atom stereocenters. The van der Waals surface area contributed by atoms with Crippen molar-refractivity contribution in [1.82, 2.24) is 0 Å². The zero-order chi connectivity index (χ0) is 33.4. The molecule has 0 aliphatic heterocycles. The van der Waals surface area contributed by atoms with E-state index in [1.165, 1.54) is 180 Å². The maximum Gasteiger partial charge on any atom is 0.139 e. The zero-order valence-electron chi connectivity index (χ0n) is 31.1. The fourth-order valence-corrected chi connectivity index (χ4v) is 5.95. The van der Waals surface area contributed by atoms with E-state index in [9.17, 15) is 5.11 Å². The van der Waals surface area contributed by atoms with Crippen LogP contribution in [0.4, 0.5) is 0 Å². The van der Waals surface area contributed by atoms with Crippen LogP contribution in [0, 0.1) is 0 Å². The fraction of sp³-hybridized carbons (Fsp3) is 1.00. The first kappa shape index (κ1) is 45.8. The van der Waals surface area contributed by atoms with Crippen LogP contribution in [0.15, 0.2) is 0 Å². The maximum absolute atomic E-state index is 9.52. The summed E-state index contributed by atoms with van der Waals surface area (Å²) in [6.07, 6.45) is 39.4. The third kappa shape index (κ3) is 38.2. The topological polar surface area (TPSA) is 77.4 Å². The van der Waals surface area contributed by atoms with E-state index in [1.807, 2.05) is 0 Å². The predicted molar refractivity (Wildman–Crippen MR) is 195 cm³/mol. The summed E-state index contributed by atoms with van der Waals surface area (Å²) in [5, 5.41) is 18.5. The number of ether oxygens (including phenoxy) is 2. The molecule has 0 spiro atoms. The molecule has 0 aromatic rings. The molecule has 6 nitrogen and oxygen atoms in total. The molecule has 0 heterocycles. The van der Waals surface area contributed by atoms with Crippen molar-refractivity contribution in [3.05, 3.63) is 0 Å². The normalized spacial score (nSPS) is 13.0. The summed E-state index contributed by atoms with van der Waals surface area (Å²) >= 11 is 0. The molecule has 0 fully saturated rings. The Kier molecular flexibility index (Phi) is 40.7. The highest BCUT2D eigenvalue weighted by Gasteiger charge is 2.13. The summed E-state index contributed by atoms with van der Waals surface area (Å²) in [7, 11) is 0. The summed E-state index contributed by atoms with van der Waals surface area (Å²) in [4.78, 5) is 10.6. The van der Waals surface area contributed by atoms with Gasteiger partial charge in [-0.2, -0.15) is 0 Å². The molecule has 0 amide bonds. The lowest BCUT2D eigenvalue weighted by molar-refractivity contribution is -0.345. The summed E-state index contributed by atoms with van der Waals surface area (Å²) < 4.78 is 11.8. The van der Waals surface area contributed by atoms with Gasteiger partial charge >= 0.3 is 0 Å². The highest BCUT2D eigenvalue weighted by Crippen LogP contribution is 2.15. The predicted octanol–water partition coefficient (Wildman–Crippen LogP) is 11.4. The second kappa shape index (κ2) is 40.9. The Balaban J connectivity index is 3.67. The first-order valence-corrected chi connectivity index (χ1v) is 20.5. The quantitative estimate of drug-likeness (QED) is 0.0387. The van der Waals surface area contributed by atoms with Crippen LogP contribution in [0.5, 0.6) is 0 Å². The molecule has 46 heavy (non-hydrogen) atoms. The SMILES string of the molecule is CCCCCCCCCCCCCCCCCCOCC(COCCCCCCCCCCCCCCCC)OOCC(O)CO. The van der Waals surface area contributed by atoms with Crippen LogP contribution >= 0.6 is 0 Å². The molecular formula is C40H82O6. The smallest absolute Gasteiger partial charge is 0.139 e. The molecule has 0 saturated heterocycles. The minimum absolute atomic E-state index is 0.0644. The number of aliphatic hydroxyl groups excluding tert-OH is 2. The van der Waals surface area contributed by atoms with Gasteiger partial charge in [-0.1, -0.05) is 194 Å². The second-order valence-corrected chi connectivity index (χ2v) is 13.9. The Hall–Kier alpha value is -0.240. The van der Waals surface area contributed by atoms with Gasteiger partial charge in [0.15, 0.2) is 0 Å². The molecular weight excluding hydrogens is 576 g/mol. The first-order valence-electron chi connectivity index (χ1n) is 20.5. The van der Waals surface area contributed by atoms with Crippen LogP contribution in [0.3, 0.4) is 0 Å². The van der Waals surface area contributed by atoms with E-state index in [2.05, 4.69) is 13.8 Å². The van der Waals surface area contributed by atoms with Gasteiger partial charge in [-0.15, -0.1) is 0 Å². The van der Waals surface area contributed by atoms with Crippen molar-refractivity contribution in [2.24, 2.45) is 0 Å². The van der Waals surface area contributed by atoms with Crippen molar-refractivity contribution in [1.29, 1.82) is 0 Å².